The summed E-state index contributed by atoms with van der Waals surface area (Å²) in [5, 5.41) is 3.58. The van der Waals surface area contributed by atoms with Crippen LogP contribution in [0.25, 0.3) is 0 Å². The summed E-state index contributed by atoms with van der Waals surface area (Å²) in [6.07, 6.45) is 2.59. The van der Waals surface area contributed by atoms with E-state index >= 15 is 0 Å². The molecule has 1 aliphatic rings. The summed E-state index contributed by atoms with van der Waals surface area (Å²) in [6.45, 7) is 16.8. The van der Waals surface area contributed by atoms with E-state index in [4.69, 9.17) is 0 Å². The molecular formula is C15H32N2. The minimum absolute atomic E-state index is 0.689. The standard InChI is InChI=1S/C15H32N2/c1-12(2)15(13(3)4)11-17-9-6-8-16-14(5)7-10-17/h12-16H,6-11H2,1-5H3. The predicted octanol–water partition coefficient (Wildman–Crippen LogP) is 2.99. The Morgan fingerprint density at radius 1 is 1.12 bits per heavy atom. The summed E-state index contributed by atoms with van der Waals surface area (Å²) in [6, 6.07) is 0.689. The molecule has 1 rings (SSSR count). The van der Waals surface area contributed by atoms with Gasteiger partial charge < -0.3 is 10.2 Å². The second-order valence-electron chi connectivity index (χ2n) is 6.45. The fourth-order valence-electron chi connectivity index (χ4n) is 2.91. The van der Waals surface area contributed by atoms with E-state index in [1.54, 1.807) is 0 Å². The molecule has 0 bridgehead atoms. The zero-order valence-electron chi connectivity index (χ0n) is 12.5. The van der Waals surface area contributed by atoms with E-state index in [1.807, 2.05) is 0 Å². The van der Waals surface area contributed by atoms with Gasteiger partial charge in [0.05, 0.1) is 0 Å². The number of rotatable bonds is 4. The molecule has 2 nitrogen and oxygen atoms in total. The molecule has 0 spiro atoms. The number of hydrogen-bond donors (Lipinski definition) is 1. The molecule has 1 unspecified atom stereocenters. The Balaban J connectivity index is 2.46. The maximum atomic E-state index is 3.58. The Bertz CT molecular complexity index is 193. The zero-order chi connectivity index (χ0) is 12.8. The van der Waals surface area contributed by atoms with E-state index in [9.17, 15) is 0 Å². The Hall–Kier alpha value is -0.0800. The minimum atomic E-state index is 0.689. The average molecular weight is 240 g/mol. The van der Waals surface area contributed by atoms with Crippen molar-refractivity contribution < 1.29 is 0 Å². The van der Waals surface area contributed by atoms with E-state index in [0.29, 0.717) is 6.04 Å². The highest BCUT2D eigenvalue weighted by Gasteiger charge is 2.21. The normalized spacial score (nSPS) is 24.4. The zero-order valence-corrected chi connectivity index (χ0v) is 12.5. The lowest BCUT2D eigenvalue weighted by Gasteiger charge is -2.34. The highest BCUT2D eigenvalue weighted by Crippen LogP contribution is 2.22. The first kappa shape index (κ1) is 15.0. The minimum Gasteiger partial charge on any atom is -0.314 e. The lowest BCUT2D eigenvalue weighted by Crippen LogP contribution is -2.41. The van der Waals surface area contributed by atoms with Crippen LogP contribution in [0.15, 0.2) is 0 Å². The Morgan fingerprint density at radius 2 is 1.76 bits per heavy atom. The smallest absolute Gasteiger partial charge is 0.00509 e. The van der Waals surface area contributed by atoms with Gasteiger partial charge in [0.15, 0.2) is 0 Å². The fraction of sp³-hybridized carbons (Fsp3) is 1.00. The molecule has 0 aromatic carbocycles. The van der Waals surface area contributed by atoms with Crippen LogP contribution in [-0.4, -0.2) is 37.1 Å². The third kappa shape index (κ3) is 5.39. The first-order chi connectivity index (χ1) is 8.00. The first-order valence-electron chi connectivity index (χ1n) is 7.46. The van der Waals surface area contributed by atoms with Gasteiger partial charge in [0.25, 0.3) is 0 Å². The Morgan fingerprint density at radius 3 is 2.35 bits per heavy atom. The number of hydrogen-bond acceptors (Lipinski definition) is 2. The molecule has 2 heteroatoms. The van der Waals surface area contributed by atoms with Gasteiger partial charge in [-0.2, -0.15) is 0 Å². The molecule has 0 aromatic heterocycles. The molecule has 0 saturated carbocycles. The van der Waals surface area contributed by atoms with Crippen LogP contribution in [0.2, 0.25) is 0 Å². The van der Waals surface area contributed by atoms with Crippen LogP contribution in [0.4, 0.5) is 0 Å². The SMILES string of the molecule is CC1CCN(CC(C(C)C)C(C)C)CCCN1. The molecule has 0 aliphatic carbocycles. The van der Waals surface area contributed by atoms with Crippen molar-refractivity contribution in [2.24, 2.45) is 17.8 Å². The summed E-state index contributed by atoms with van der Waals surface area (Å²) in [5.74, 6) is 2.45. The second kappa shape index (κ2) is 7.38. The highest BCUT2D eigenvalue weighted by atomic mass is 15.1. The van der Waals surface area contributed by atoms with Crippen molar-refractivity contribution in [1.82, 2.24) is 10.2 Å². The molecule has 0 aromatic rings. The average Bonchev–Trinajstić information content (AvgIpc) is 2.22. The van der Waals surface area contributed by atoms with Crippen LogP contribution in [-0.2, 0) is 0 Å². The molecular weight excluding hydrogens is 208 g/mol. The van der Waals surface area contributed by atoms with Gasteiger partial charge in [-0.3, -0.25) is 0 Å². The summed E-state index contributed by atoms with van der Waals surface area (Å²) in [7, 11) is 0. The van der Waals surface area contributed by atoms with Gasteiger partial charge in [0.1, 0.15) is 0 Å². The van der Waals surface area contributed by atoms with Crippen molar-refractivity contribution in [2.45, 2.75) is 53.5 Å². The quantitative estimate of drug-likeness (QED) is 0.812. The molecule has 1 aliphatic heterocycles. The Labute approximate surface area is 108 Å². The van der Waals surface area contributed by atoms with Crippen molar-refractivity contribution in [1.29, 1.82) is 0 Å². The van der Waals surface area contributed by atoms with Crippen molar-refractivity contribution in [2.75, 3.05) is 26.2 Å². The molecule has 1 atom stereocenters. The van der Waals surface area contributed by atoms with Crippen molar-refractivity contribution in [3.8, 4) is 0 Å². The molecule has 0 radical (unpaired) electrons. The molecule has 1 saturated heterocycles. The molecule has 1 N–H and O–H groups in total. The molecule has 1 fully saturated rings. The topological polar surface area (TPSA) is 15.3 Å². The van der Waals surface area contributed by atoms with Gasteiger partial charge in [0, 0.05) is 12.6 Å². The largest absolute Gasteiger partial charge is 0.314 e. The maximum Gasteiger partial charge on any atom is 0.00509 e. The van der Waals surface area contributed by atoms with E-state index < -0.39 is 0 Å². The van der Waals surface area contributed by atoms with Crippen LogP contribution < -0.4 is 5.32 Å². The summed E-state index contributed by atoms with van der Waals surface area (Å²) in [5.41, 5.74) is 0. The van der Waals surface area contributed by atoms with Gasteiger partial charge in [-0.1, -0.05) is 27.7 Å². The molecule has 17 heavy (non-hydrogen) atoms. The molecule has 1 heterocycles. The van der Waals surface area contributed by atoms with Gasteiger partial charge in [0.2, 0.25) is 0 Å². The highest BCUT2D eigenvalue weighted by molar-refractivity contribution is 4.75. The number of nitrogens with zero attached hydrogens (tertiary/aromatic N) is 1. The monoisotopic (exact) mass is 240 g/mol. The Kier molecular flexibility index (Phi) is 6.50. The first-order valence-corrected chi connectivity index (χ1v) is 7.46. The third-order valence-electron chi connectivity index (χ3n) is 4.20. The van der Waals surface area contributed by atoms with Crippen LogP contribution in [0, 0.1) is 17.8 Å². The van der Waals surface area contributed by atoms with E-state index in [1.165, 1.54) is 39.0 Å². The van der Waals surface area contributed by atoms with E-state index in [2.05, 4.69) is 44.8 Å². The van der Waals surface area contributed by atoms with Gasteiger partial charge in [-0.05, 0) is 57.2 Å². The van der Waals surface area contributed by atoms with Crippen LogP contribution in [0.1, 0.15) is 47.5 Å². The summed E-state index contributed by atoms with van der Waals surface area (Å²) >= 11 is 0. The van der Waals surface area contributed by atoms with Gasteiger partial charge >= 0.3 is 0 Å². The lowest BCUT2D eigenvalue weighted by atomic mass is 9.85. The lowest BCUT2D eigenvalue weighted by molar-refractivity contribution is 0.152. The summed E-state index contributed by atoms with van der Waals surface area (Å²) in [4.78, 5) is 2.70. The van der Waals surface area contributed by atoms with Crippen molar-refractivity contribution >= 4 is 0 Å². The van der Waals surface area contributed by atoms with Crippen LogP contribution >= 0.6 is 0 Å². The second-order valence-corrected chi connectivity index (χ2v) is 6.45. The van der Waals surface area contributed by atoms with Crippen LogP contribution in [0.3, 0.4) is 0 Å². The molecule has 102 valence electrons. The van der Waals surface area contributed by atoms with Gasteiger partial charge in [-0.25, -0.2) is 0 Å². The molecule has 0 amide bonds. The fourth-order valence-corrected chi connectivity index (χ4v) is 2.91. The summed E-state index contributed by atoms with van der Waals surface area (Å²) < 4.78 is 0. The maximum absolute atomic E-state index is 3.58. The van der Waals surface area contributed by atoms with E-state index in [-0.39, 0.29) is 0 Å². The van der Waals surface area contributed by atoms with Crippen LogP contribution in [0.5, 0.6) is 0 Å². The third-order valence-corrected chi connectivity index (χ3v) is 4.20. The number of nitrogens with one attached hydrogen (secondary N) is 1. The van der Waals surface area contributed by atoms with E-state index in [0.717, 1.165) is 17.8 Å². The van der Waals surface area contributed by atoms with Crippen molar-refractivity contribution in [3.05, 3.63) is 0 Å². The van der Waals surface area contributed by atoms with Crippen molar-refractivity contribution in [3.63, 3.8) is 0 Å². The predicted molar refractivity (Wildman–Crippen MR) is 76.3 cm³/mol. The van der Waals surface area contributed by atoms with Gasteiger partial charge in [-0.15, -0.1) is 0 Å².